The molecule has 0 atom stereocenters. The minimum absolute atomic E-state index is 0.00544. The summed E-state index contributed by atoms with van der Waals surface area (Å²) in [6.45, 7) is 2.17. The van der Waals surface area contributed by atoms with E-state index in [1.54, 1.807) is 0 Å². The Balaban J connectivity index is 1.63. The van der Waals surface area contributed by atoms with Crippen LogP contribution in [0.3, 0.4) is 0 Å². The van der Waals surface area contributed by atoms with E-state index in [9.17, 15) is 13.2 Å². The lowest BCUT2D eigenvalue weighted by atomic mass is 10.1. The molecule has 0 unspecified atom stereocenters. The molecule has 1 saturated heterocycles. The maximum Gasteiger partial charge on any atom is 0.254 e. The van der Waals surface area contributed by atoms with Gasteiger partial charge in [0.15, 0.2) is 0 Å². The second-order valence-corrected chi connectivity index (χ2v) is 9.30. The van der Waals surface area contributed by atoms with Crippen LogP contribution in [0.15, 0.2) is 47.4 Å². The minimum atomic E-state index is -3.81. The molecule has 9 heteroatoms. The Labute approximate surface area is 183 Å². The quantitative estimate of drug-likeness (QED) is 0.643. The van der Waals surface area contributed by atoms with Gasteiger partial charge in [-0.05, 0) is 55.8 Å². The summed E-state index contributed by atoms with van der Waals surface area (Å²) in [7, 11) is 1.20. The summed E-state index contributed by atoms with van der Waals surface area (Å²) >= 11 is 0. The molecule has 0 bridgehead atoms. The number of methoxy groups -OCH3 is 1. The van der Waals surface area contributed by atoms with Gasteiger partial charge in [-0.25, -0.2) is 13.1 Å². The Morgan fingerprint density at radius 2 is 1.81 bits per heavy atom. The lowest BCUT2D eigenvalue weighted by molar-refractivity contribution is 0.0960. The van der Waals surface area contributed by atoms with Crippen LogP contribution in [0, 0.1) is 0 Å². The van der Waals surface area contributed by atoms with Gasteiger partial charge in [-0.3, -0.25) is 4.79 Å². The van der Waals surface area contributed by atoms with Crippen LogP contribution in [0.25, 0.3) is 0 Å². The van der Waals surface area contributed by atoms with Gasteiger partial charge in [0.05, 0.1) is 17.6 Å². The summed E-state index contributed by atoms with van der Waals surface area (Å²) in [6, 6.07) is 11.6. The van der Waals surface area contributed by atoms with E-state index in [4.69, 9.17) is 9.47 Å². The van der Waals surface area contributed by atoms with Gasteiger partial charge in [0.25, 0.3) is 5.91 Å². The van der Waals surface area contributed by atoms with E-state index in [0.29, 0.717) is 5.75 Å². The van der Waals surface area contributed by atoms with Crippen molar-refractivity contribution in [2.24, 2.45) is 0 Å². The van der Waals surface area contributed by atoms with E-state index < -0.39 is 15.9 Å². The SMILES string of the molecule is CNC(=O)c1cc(S(=O)(=O)NCc2ccc(OC3CCN(C)CC3)cc2)ccc1OC. The Hall–Kier alpha value is -2.62. The van der Waals surface area contributed by atoms with Gasteiger partial charge in [0.1, 0.15) is 17.6 Å². The number of sulfonamides is 1. The summed E-state index contributed by atoms with van der Waals surface area (Å²) in [4.78, 5) is 14.3. The molecule has 0 spiro atoms. The summed E-state index contributed by atoms with van der Waals surface area (Å²) in [5, 5.41) is 2.48. The fraction of sp³-hybridized carbons (Fsp3) is 0.409. The number of benzene rings is 2. The van der Waals surface area contributed by atoms with Crippen molar-refractivity contribution < 1.29 is 22.7 Å². The zero-order chi connectivity index (χ0) is 22.4. The second kappa shape index (κ2) is 10.1. The summed E-state index contributed by atoms with van der Waals surface area (Å²) in [6.07, 6.45) is 2.21. The molecule has 1 amide bonds. The first-order valence-electron chi connectivity index (χ1n) is 10.2. The Bertz CT molecular complexity index is 1000. The molecule has 2 aromatic rings. The number of amides is 1. The zero-order valence-corrected chi connectivity index (χ0v) is 18.9. The van der Waals surface area contributed by atoms with Crippen LogP contribution < -0.4 is 19.5 Å². The first kappa shape index (κ1) is 23.1. The monoisotopic (exact) mass is 447 g/mol. The fourth-order valence-corrected chi connectivity index (χ4v) is 4.45. The lowest BCUT2D eigenvalue weighted by Crippen LogP contribution is -2.35. The Kier molecular flexibility index (Phi) is 7.53. The molecular weight excluding hydrogens is 418 g/mol. The molecule has 0 aromatic heterocycles. The first-order chi connectivity index (χ1) is 14.8. The van der Waals surface area contributed by atoms with Crippen LogP contribution in [0.5, 0.6) is 11.5 Å². The van der Waals surface area contributed by atoms with Crippen molar-refractivity contribution in [1.29, 1.82) is 0 Å². The molecule has 8 nitrogen and oxygen atoms in total. The second-order valence-electron chi connectivity index (χ2n) is 7.53. The molecule has 168 valence electrons. The van der Waals surface area contributed by atoms with Gasteiger partial charge in [-0.1, -0.05) is 12.1 Å². The van der Waals surface area contributed by atoms with E-state index >= 15 is 0 Å². The van der Waals surface area contributed by atoms with E-state index in [-0.39, 0.29) is 23.1 Å². The predicted molar refractivity (Wildman–Crippen MR) is 118 cm³/mol. The summed E-state index contributed by atoms with van der Waals surface area (Å²) in [5.74, 6) is 0.666. The maximum absolute atomic E-state index is 12.7. The van der Waals surface area contributed by atoms with Crippen LogP contribution in [0.4, 0.5) is 0 Å². The number of piperidine rings is 1. The predicted octanol–water partition coefficient (Wildman–Crippen LogP) is 2.01. The van der Waals surface area contributed by atoms with E-state index in [1.165, 1.54) is 32.4 Å². The standard InChI is InChI=1S/C22H29N3O5S/c1-23-22(26)20-14-19(8-9-21(20)29-3)31(27,28)24-15-16-4-6-17(7-5-16)30-18-10-12-25(2)13-11-18/h4-9,14,18,24H,10-13,15H2,1-3H3,(H,23,26). The van der Waals surface area contributed by atoms with Crippen LogP contribution in [0.2, 0.25) is 0 Å². The van der Waals surface area contributed by atoms with Crippen molar-refractivity contribution in [1.82, 2.24) is 14.9 Å². The number of rotatable bonds is 8. The molecule has 1 aliphatic rings. The van der Waals surface area contributed by atoms with Crippen molar-refractivity contribution in [3.63, 3.8) is 0 Å². The average Bonchev–Trinajstić information content (AvgIpc) is 2.79. The Morgan fingerprint density at radius 1 is 1.13 bits per heavy atom. The molecule has 31 heavy (non-hydrogen) atoms. The molecular formula is C22H29N3O5S. The molecule has 0 saturated carbocycles. The molecule has 1 heterocycles. The molecule has 0 radical (unpaired) electrons. The smallest absolute Gasteiger partial charge is 0.254 e. The lowest BCUT2D eigenvalue weighted by Gasteiger charge is -2.29. The van der Waals surface area contributed by atoms with E-state index in [2.05, 4.69) is 22.0 Å². The van der Waals surface area contributed by atoms with Crippen LogP contribution in [-0.2, 0) is 16.6 Å². The highest BCUT2D eigenvalue weighted by Crippen LogP contribution is 2.23. The maximum atomic E-state index is 12.7. The highest BCUT2D eigenvalue weighted by molar-refractivity contribution is 7.89. The normalized spacial score (nSPS) is 15.5. The third-order valence-corrected chi connectivity index (χ3v) is 6.71. The van der Waals surface area contributed by atoms with Crippen molar-refractivity contribution >= 4 is 15.9 Å². The average molecular weight is 448 g/mol. The third kappa shape index (κ3) is 5.96. The molecule has 1 aliphatic heterocycles. The molecule has 3 rings (SSSR count). The minimum Gasteiger partial charge on any atom is -0.496 e. The highest BCUT2D eigenvalue weighted by atomic mass is 32.2. The number of likely N-dealkylation sites (tertiary alicyclic amines) is 1. The van der Waals surface area contributed by atoms with Gasteiger partial charge in [-0.2, -0.15) is 0 Å². The van der Waals surface area contributed by atoms with E-state index in [1.807, 2.05) is 24.3 Å². The fourth-order valence-electron chi connectivity index (χ4n) is 3.41. The van der Waals surface area contributed by atoms with Crippen LogP contribution in [-0.4, -0.2) is 59.6 Å². The van der Waals surface area contributed by atoms with Crippen molar-refractivity contribution in [3.05, 3.63) is 53.6 Å². The van der Waals surface area contributed by atoms with Crippen molar-refractivity contribution in [2.45, 2.75) is 30.4 Å². The number of ether oxygens (including phenoxy) is 2. The molecule has 0 aliphatic carbocycles. The van der Waals surface area contributed by atoms with Crippen LogP contribution >= 0.6 is 0 Å². The molecule has 1 fully saturated rings. The van der Waals surface area contributed by atoms with E-state index in [0.717, 1.165) is 37.2 Å². The Morgan fingerprint density at radius 3 is 2.42 bits per heavy atom. The number of nitrogens with zero attached hydrogens (tertiary/aromatic N) is 1. The largest absolute Gasteiger partial charge is 0.496 e. The molecule has 2 N–H and O–H groups in total. The van der Waals surface area contributed by atoms with Crippen molar-refractivity contribution in [3.8, 4) is 11.5 Å². The topological polar surface area (TPSA) is 97.0 Å². The van der Waals surface area contributed by atoms with Gasteiger partial charge in [0, 0.05) is 26.7 Å². The number of carbonyl (C=O) groups excluding carboxylic acids is 1. The number of hydrogen-bond donors (Lipinski definition) is 2. The number of nitrogens with one attached hydrogen (secondary N) is 2. The van der Waals surface area contributed by atoms with Gasteiger partial charge >= 0.3 is 0 Å². The zero-order valence-electron chi connectivity index (χ0n) is 18.1. The highest BCUT2D eigenvalue weighted by Gasteiger charge is 2.20. The van der Waals surface area contributed by atoms with Gasteiger partial charge in [-0.15, -0.1) is 0 Å². The van der Waals surface area contributed by atoms with Crippen molar-refractivity contribution in [2.75, 3.05) is 34.3 Å². The van der Waals surface area contributed by atoms with Gasteiger partial charge < -0.3 is 19.7 Å². The summed E-state index contributed by atoms with van der Waals surface area (Å²) < 4.78 is 39.2. The van der Waals surface area contributed by atoms with Crippen LogP contribution in [0.1, 0.15) is 28.8 Å². The number of carbonyl (C=O) groups is 1. The van der Waals surface area contributed by atoms with Gasteiger partial charge in [0.2, 0.25) is 10.0 Å². The number of hydrogen-bond acceptors (Lipinski definition) is 6. The summed E-state index contributed by atoms with van der Waals surface area (Å²) in [5.41, 5.74) is 0.961. The third-order valence-electron chi connectivity index (χ3n) is 5.31. The molecule has 2 aromatic carbocycles. The first-order valence-corrected chi connectivity index (χ1v) is 11.6.